The molecule has 0 atom stereocenters. The molecule has 0 aliphatic carbocycles. The summed E-state index contributed by atoms with van der Waals surface area (Å²) in [5.41, 5.74) is 1.29. The van der Waals surface area contributed by atoms with Crippen molar-refractivity contribution in [1.82, 2.24) is 15.6 Å². The van der Waals surface area contributed by atoms with Crippen LogP contribution in [-0.4, -0.2) is 31.7 Å². The molecule has 0 aromatic carbocycles. The molecule has 0 amide bonds. The molecule has 16 heavy (non-hydrogen) atoms. The van der Waals surface area contributed by atoms with E-state index in [4.69, 9.17) is 4.98 Å². The number of nitrogens with one attached hydrogen (secondary N) is 2. The number of thiazole rings is 1. The fourth-order valence-electron chi connectivity index (χ4n) is 2.14. The van der Waals surface area contributed by atoms with Crippen molar-refractivity contribution in [2.45, 2.75) is 31.6 Å². The molecular formula is C12H21N3S. The summed E-state index contributed by atoms with van der Waals surface area (Å²) in [6, 6.07) is 0. The van der Waals surface area contributed by atoms with Gasteiger partial charge in [0.25, 0.3) is 0 Å². The Labute approximate surface area is 102 Å². The van der Waals surface area contributed by atoms with Gasteiger partial charge in [0.05, 0.1) is 10.7 Å². The van der Waals surface area contributed by atoms with Crippen LogP contribution in [0.5, 0.6) is 0 Å². The Morgan fingerprint density at radius 2 is 2.31 bits per heavy atom. The number of aryl methyl sites for hydroxylation is 1. The van der Waals surface area contributed by atoms with Crippen molar-refractivity contribution in [2.24, 2.45) is 0 Å². The van der Waals surface area contributed by atoms with Crippen molar-refractivity contribution in [3.05, 3.63) is 16.1 Å². The summed E-state index contributed by atoms with van der Waals surface area (Å²) in [5, 5.41) is 10.2. The summed E-state index contributed by atoms with van der Waals surface area (Å²) in [4.78, 5) is 4.77. The molecule has 1 aliphatic heterocycles. The molecule has 2 heterocycles. The second-order valence-electron chi connectivity index (χ2n) is 4.41. The van der Waals surface area contributed by atoms with Gasteiger partial charge in [-0.25, -0.2) is 4.98 Å². The number of hydrogen-bond acceptors (Lipinski definition) is 4. The summed E-state index contributed by atoms with van der Waals surface area (Å²) in [6.07, 6.45) is 4.81. The van der Waals surface area contributed by atoms with Gasteiger partial charge in [-0.2, -0.15) is 0 Å². The molecule has 0 spiro atoms. The minimum absolute atomic E-state index is 0.712. The Morgan fingerprint density at radius 1 is 1.50 bits per heavy atom. The summed E-state index contributed by atoms with van der Waals surface area (Å²) in [6.45, 7) is 3.39. The van der Waals surface area contributed by atoms with Gasteiger partial charge in [0.1, 0.15) is 0 Å². The molecular weight excluding hydrogens is 218 g/mol. The first-order valence-corrected chi connectivity index (χ1v) is 7.07. The van der Waals surface area contributed by atoms with Crippen molar-refractivity contribution >= 4 is 11.3 Å². The van der Waals surface area contributed by atoms with E-state index in [-0.39, 0.29) is 0 Å². The SMILES string of the molecule is CNCCCc1csc(C2CCNCC2)n1. The Morgan fingerprint density at radius 3 is 3.06 bits per heavy atom. The Hall–Kier alpha value is -0.450. The van der Waals surface area contributed by atoms with Gasteiger partial charge >= 0.3 is 0 Å². The van der Waals surface area contributed by atoms with E-state index in [9.17, 15) is 0 Å². The van der Waals surface area contributed by atoms with Crippen LogP contribution in [0.25, 0.3) is 0 Å². The van der Waals surface area contributed by atoms with E-state index < -0.39 is 0 Å². The van der Waals surface area contributed by atoms with Crippen LogP contribution >= 0.6 is 11.3 Å². The molecule has 0 radical (unpaired) electrons. The Kier molecular flexibility index (Phi) is 4.75. The zero-order valence-corrected chi connectivity index (χ0v) is 10.8. The van der Waals surface area contributed by atoms with E-state index in [1.165, 1.54) is 30.0 Å². The number of nitrogens with zero attached hydrogens (tertiary/aromatic N) is 1. The van der Waals surface area contributed by atoms with Crippen LogP contribution in [0.1, 0.15) is 35.9 Å². The van der Waals surface area contributed by atoms with Crippen LogP contribution in [-0.2, 0) is 6.42 Å². The molecule has 1 saturated heterocycles. The third-order valence-corrected chi connectivity index (χ3v) is 4.17. The molecule has 0 bridgehead atoms. The zero-order valence-electron chi connectivity index (χ0n) is 9.96. The molecule has 1 fully saturated rings. The molecule has 90 valence electrons. The summed E-state index contributed by atoms with van der Waals surface area (Å²) in [5.74, 6) is 0.712. The molecule has 1 aromatic heterocycles. The lowest BCUT2D eigenvalue weighted by molar-refractivity contribution is 0.458. The van der Waals surface area contributed by atoms with E-state index in [1.54, 1.807) is 0 Å². The molecule has 3 nitrogen and oxygen atoms in total. The van der Waals surface area contributed by atoms with E-state index in [0.29, 0.717) is 5.92 Å². The largest absolute Gasteiger partial charge is 0.320 e. The number of piperidine rings is 1. The highest BCUT2D eigenvalue weighted by Gasteiger charge is 2.18. The quantitative estimate of drug-likeness (QED) is 0.769. The van der Waals surface area contributed by atoms with Gasteiger partial charge in [0, 0.05) is 11.3 Å². The van der Waals surface area contributed by atoms with Crippen molar-refractivity contribution in [1.29, 1.82) is 0 Å². The van der Waals surface area contributed by atoms with E-state index >= 15 is 0 Å². The molecule has 1 aromatic rings. The van der Waals surface area contributed by atoms with Gasteiger partial charge in [-0.1, -0.05) is 0 Å². The van der Waals surface area contributed by atoms with Crippen LogP contribution in [0.15, 0.2) is 5.38 Å². The van der Waals surface area contributed by atoms with Gasteiger partial charge in [0.2, 0.25) is 0 Å². The number of rotatable bonds is 5. The van der Waals surface area contributed by atoms with Gasteiger partial charge in [-0.05, 0) is 52.4 Å². The third-order valence-electron chi connectivity index (χ3n) is 3.12. The minimum Gasteiger partial charge on any atom is -0.320 e. The third kappa shape index (κ3) is 3.27. The highest BCUT2D eigenvalue weighted by Crippen LogP contribution is 2.28. The average molecular weight is 239 g/mol. The van der Waals surface area contributed by atoms with Gasteiger partial charge in [0.15, 0.2) is 0 Å². The summed E-state index contributed by atoms with van der Waals surface area (Å²) < 4.78 is 0. The monoisotopic (exact) mass is 239 g/mol. The lowest BCUT2D eigenvalue weighted by Crippen LogP contribution is -2.26. The van der Waals surface area contributed by atoms with Gasteiger partial charge in [-0.15, -0.1) is 11.3 Å². The van der Waals surface area contributed by atoms with Crippen LogP contribution in [0, 0.1) is 0 Å². The normalized spacial score (nSPS) is 17.8. The van der Waals surface area contributed by atoms with E-state index in [2.05, 4.69) is 16.0 Å². The maximum Gasteiger partial charge on any atom is 0.0960 e. The minimum atomic E-state index is 0.712. The summed E-state index contributed by atoms with van der Waals surface area (Å²) >= 11 is 1.85. The molecule has 0 saturated carbocycles. The first kappa shape index (κ1) is 12.0. The first-order chi connectivity index (χ1) is 7.90. The predicted octanol–water partition coefficient (Wildman–Crippen LogP) is 1.76. The lowest BCUT2D eigenvalue weighted by Gasteiger charge is -2.20. The highest BCUT2D eigenvalue weighted by atomic mass is 32.1. The Balaban J connectivity index is 1.85. The predicted molar refractivity (Wildman–Crippen MR) is 69.2 cm³/mol. The van der Waals surface area contributed by atoms with Gasteiger partial charge < -0.3 is 10.6 Å². The van der Waals surface area contributed by atoms with Crippen LogP contribution < -0.4 is 10.6 Å². The summed E-state index contributed by atoms with van der Waals surface area (Å²) in [7, 11) is 2.00. The highest BCUT2D eigenvalue weighted by molar-refractivity contribution is 7.09. The average Bonchev–Trinajstić information content (AvgIpc) is 2.79. The fraction of sp³-hybridized carbons (Fsp3) is 0.750. The Bertz CT molecular complexity index is 305. The van der Waals surface area contributed by atoms with Gasteiger partial charge in [-0.3, -0.25) is 0 Å². The fourth-order valence-corrected chi connectivity index (χ4v) is 3.17. The van der Waals surface area contributed by atoms with Crippen molar-refractivity contribution < 1.29 is 0 Å². The zero-order chi connectivity index (χ0) is 11.2. The number of aromatic nitrogens is 1. The second-order valence-corrected chi connectivity index (χ2v) is 5.30. The van der Waals surface area contributed by atoms with Crippen molar-refractivity contribution in [3.8, 4) is 0 Å². The van der Waals surface area contributed by atoms with E-state index in [0.717, 1.165) is 26.1 Å². The number of hydrogen-bond donors (Lipinski definition) is 2. The van der Waals surface area contributed by atoms with Crippen LogP contribution in [0.4, 0.5) is 0 Å². The topological polar surface area (TPSA) is 37.0 Å². The van der Waals surface area contributed by atoms with E-state index in [1.807, 2.05) is 18.4 Å². The second kappa shape index (κ2) is 6.33. The molecule has 0 unspecified atom stereocenters. The maximum absolute atomic E-state index is 4.77. The maximum atomic E-state index is 4.77. The lowest BCUT2D eigenvalue weighted by atomic mass is 9.99. The smallest absolute Gasteiger partial charge is 0.0960 e. The molecule has 2 N–H and O–H groups in total. The van der Waals surface area contributed by atoms with Crippen LogP contribution in [0.3, 0.4) is 0 Å². The molecule has 2 rings (SSSR count). The molecule has 4 heteroatoms. The molecule has 1 aliphatic rings. The first-order valence-electron chi connectivity index (χ1n) is 6.20. The van der Waals surface area contributed by atoms with Crippen LogP contribution in [0.2, 0.25) is 0 Å². The van der Waals surface area contributed by atoms with Crippen molar-refractivity contribution in [2.75, 3.05) is 26.7 Å². The van der Waals surface area contributed by atoms with Crippen molar-refractivity contribution in [3.63, 3.8) is 0 Å². The standard InChI is InChI=1S/C12H21N3S/c1-13-6-2-3-11-9-16-12(15-11)10-4-7-14-8-5-10/h9-10,13-14H,2-8H2,1H3.